The van der Waals surface area contributed by atoms with Gasteiger partial charge in [-0.25, -0.2) is 0 Å². The normalized spacial score (nSPS) is 29.1. The van der Waals surface area contributed by atoms with Gasteiger partial charge < -0.3 is 8.85 Å². The average Bonchev–Trinajstić information content (AvgIpc) is 3.18. The number of fused-ring (bicyclic) bond motifs is 1. The van der Waals surface area contributed by atoms with E-state index in [2.05, 4.69) is 5.92 Å². The third-order valence-electron chi connectivity index (χ3n) is 8.75. The maximum Gasteiger partial charge on any atom is 0.437 e. The number of carbonyl (C=O) groups is 1. The highest BCUT2D eigenvalue weighted by Gasteiger charge is 2.73. The maximum absolute atomic E-state index is 14.3. The molecule has 0 amide bonds. The number of ketones is 1. The number of hydrogen-bond donors (Lipinski definition) is 0. The fourth-order valence-electron chi connectivity index (χ4n) is 6.77. The van der Waals surface area contributed by atoms with E-state index < -0.39 is 77.6 Å². The zero-order valence-corrected chi connectivity index (χ0v) is 27.5. The Labute approximate surface area is 253 Å². The largest absolute Gasteiger partial charge is 0.437 e. The quantitative estimate of drug-likeness (QED) is 0.136. The molecule has 0 aliphatic heterocycles. The van der Waals surface area contributed by atoms with Crippen molar-refractivity contribution in [3.8, 4) is 11.8 Å². The highest BCUT2D eigenvalue weighted by atomic mass is 28.4. The monoisotopic (exact) mass is 634 g/mol. The van der Waals surface area contributed by atoms with Crippen LogP contribution in [0.25, 0.3) is 0 Å². The Balaban J connectivity index is 2.69. The van der Waals surface area contributed by atoms with Gasteiger partial charge >= 0.3 is 18.0 Å². The van der Waals surface area contributed by atoms with Gasteiger partial charge in [0, 0.05) is 27.0 Å². The van der Waals surface area contributed by atoms with Crippen LogP contribution in [-0.2, 0) is 13.6 Å². The molecule has 0 spiro atoms. The molecule has 2 rings (SSSR count). The number of halogens is 6. The standard InChI is InChI=1S/C30H50F6O3Si2/c1-25(2,38-40(5,6)7)17-12-18-26(3,27(4)21-16-22-23(27)14-11-15-24(22)37)19-13-20-28(29(31,32)33,30(34,35)36)39-41(8,9)10/h22-23H,11-12,14-19,21H2,1-10H3/t22?,23?,26-,27?/m1/s1/i1D3,2D3. The van der Waals surface area contributed by atoms with E-state index in [0.717, 1.165) is 0 Å². The Hall–Kier alpha value is -0.836. The number of alkyl halides is 6. The lowest BCUT2D eigenvalue weighted by molar-refractivity contribution is -0.336. The number of rotatable bonds is 10. The van der Waals surface area contributed by atoms with Crippen LogP contribution in [0.1, 0.15) is 93.6 Å². The van der Waals surface area contributed by atoms with Crippen molar-refractivity contribution in [2.45, 2.75) is 148 Å². The van der Waals surface area contributed by atoms with Crippen molar-refractivity contribution < 1.29 is 48.2 Å². The third-order valence-corrected chi connectivity index (χ3v) is 10.6. The molecule has 41 heavy (non-hydrogen) atoms. The van der Waals surface area contributed by atoms with Gasteiger partial charge in [-0.2, -0.15) is 26.3 Å². The summed E-state index contributed by atoms with van der Waals surface area (Å²) in [5.41, 5.74) is -9.16. The van der Waals surface area contributed by atoms with Gasteiger partial charge in [-0.15, -0.1) is 0 Å². The fourth-order valence-corrected chi connectivity index (χ4v) is 9.11. The van der Waals surface area contributed by atoms with Crippen LogP contribution in [-0.4, -0.2) is 46.0 Å². The van der Waals surface area contributed by atoms with Crippen LogP contribution in [0.2, 0.25) is 39.3 Å². The van der Waals surface area contributed by atoms with E-state index in [-0.39, 0.29) is 30.5 Å². The van der Waals surface area contributed by atoms with E-state index in [1.807, 2.05) is 6.92 Å². The summed E-state index contributed by atoms with van der Waals surface area (Å²) in [6.45, 7) is 6.02. The molecule has 0 heterocycles. The highest BCUT2D eigenvalue weighted by Crippen LogP contribution is 2.63. The van der Waals surface area contributed by atoms with Gasteiger partial charge in [0.2, 0.25) is 0 Å². The van der Waals surface area contributed by atoms with Crippen molar-refractivity contribution in [3.05, 3.63) is 0 Å². The molecule has 0 saturated heterocycles. The summed E-state index contributed by atoms with van der Waals surface area (Å²) >= 11 is 0. The molecular weight excluding hydrogens is 578 g/mol. The van der Waals surface area contributed by atoms with Crippen LogP contribution in [0.5, 0.6) is 0 Å². The number of carbonyl (C=O) groups excluding carboxylic acids is 1. The lowest BCUT2D eigenvalue weighted by Gasteiger charge is -2.50. The molecule has 0 aromatic rings. The lowest BCUT2D eigenvalue weighted by atomic mass is 9.54. The van der Waals surface area contributed by atoms with E-state index in [1.54, 1.807) is 26.6 Å². The summed E-state index contributed by atoms with van der Waals surface area (Å²) in [7, 11) is -6.25. The summed E-state index contributed by atoms with van der Waals surface area (Å²) in [4.78, 5) is 12.9. The van der Waals surface area contributed by atoms with Crippen LogP contribution >= 0.6 is 0 Å². The van der Waals surface area contributed by atoms with Crippen LogP contribution in [0.15, 0.2) is 0 Å². The molecule has 2 aliphatic rings. The first-order valence-corrected chi connectivity index (χ1v) is 21.1. The van der Waals surface area contributed by atoms with Crippen molar-refractivity contribution in [1.82, 2.24) is 0 Å². The summed E-state index contributed by atoms with van der Waals surface area (Å²) < 4.78 is 146. The first-order valence-electron chi connectivity index (χ1n) is 17.3. The van der Waals surface area contributed by atoms with E-state index in [9.17, 15) is 31.1 Å². The fraction of sp³-hybridized carbons (Fsp3) is 0.900. The molecule has 4 atom stereocenters. The average molecular weight is 635 g/mol. The summed E-state index contributed by atoms with van der Waals surface area (Å²) in [5, 5.41) is 0. The minimum absolute atomic E-state index is 0.0263. The minimum Gasteiger partial charge on any atom is -0.413 e. The van der Waals surface area contributed by atoms with Gasteiger partial charge in [-0.1, -0.05) is 26.2 Å². The lowest BCUT2D eigenvalue weighted by Crippen LogP contribution is -2.61. The SMILES string of the molecule is [2H]C([2H])([2H])C(CCC[C@](C)(CC#CC(O[Si](C)(C)C)(C(F)(F)F)C(F)(F)F)C1(C)CCC2C(=O)CCCC21)(O[Si](C)(C)C)C([2H])([2H])[2H]. The predicted molar refractivity (Wildman–Crippen MR) is 155 cm³/mol. The van der Waals surface area contributed by atoms with Gasteiger partial charge in [0.1, 0.15) is 5.78 Å². The zero-order valence-electron chi connectivity index (χ0n) is 31.5. The van der Waals surface area contributed by atoms with E-state index in [1.165, 1.54) is 25.6 Å². The van der Waals surface area contributed by atoms with Gasteiger partial charge in [-0.3, -0.25) is 4.79 Å². The molecule has 0 bridgehead atoms. The maximum atomic E-state index is 14.3. The Kier molecular flexibility index (Phi) is 8.05. The van der Waals surface area contributed by atoms with E-state index in [4.69, 9.17) is 17.1 Å². The van der Waals surface area contributed by atoms with Crippen LogP contribution in [0.4, 0.5) is 26.3 Å². The molecule has 238 valence electrons. The van der Waals surface area contributed by atoms with E-state index in [0.29, 0.717) is 32.1 Å². The van der Waals surface area contributed by atoms with Gasteiger partial charge in [0.05, 0.1) is 5.60 Å². The van der Waals surface area contributed by atoms with Gasteiger partial charge in [0.15, 0.2) is 16.6 Å². The molecule has 2 saturated carbocycles. The Morgan fingerprint density at radius 3 is 2.00 bits per heavy atom. The molecule has 2 aliphatic carbocycles. The molecule has 3 unspecified atom stereocenters. The number of hydrogen-bond acceptors (Lipinski definition) is 3. The molecule has 0 radical (unpaired) electrons. The molecule has 0 aromatic heterocycles. The Morgan fingerprint density at radius 1 is 0.951 bits per heavy atom. The first-order chi connectivity index (χ1) is 20.7. The van der Waals surface area contributed by atoms with Crippen molar-refractivity contribution in [2.75, 3.05) is 0 Å². The highest BCUT2D eigenvalue weighted by molar-refractivity contribution is 6.70. The summed E-state index contributed by atoms with van der Waals surface area (Å²) in [5.74, 6) is 3.27. The van der Waals surface area contributed by atoms with Gasteiger partial charge in [-0.05, 0) is 114 Å². The van der Waals surface area contributed by atoms with Crippen LogP contribution in [0.3, 0.4) is 0 Å². The smallest absolute Gasteiger partial charge is 0.413 e. The van der Waals surface area contributed by atoms with Crippen molar-refractivity contribution in [3.63, 3.8) is 0 Å². The summed E-state index contributed by atoms with van der Waals surface area (Å²) in [6.07, 6.45) is -10.2. The molecular formula is C30H50F6O3Si2. The molecule has 3 nitrogen and oxygen atoms in total. The Morgan fingerprint density at radius 2 is 1.51 bits per heavy atom. The zero-order chi connectivity index (χ0) is 36.9. The van der Waals surface area contributed by atoms with Crippen molar-refractivity contribution >= 4 is 22.4 Å². The van der Waals surface area contributed by atoms with Crippen LogP contribution in [0, 0.1) is 34.5 Å². The Bertz CT molecular complexity index is 1170. The molecule has 2 fully saturated rings. The van der Waals surface area contributed by atoms with E-state index >= 15 is 0 Å². The number of Topliss-reactive ketones (excluding diaryl/α,β-unsaturated/α-hetero) is 1. The first kappa shape index (κ1) is 27.7. The van der Waals surface area contributed by atoms with Crippen molar-refractivity contribution in [2.24, 2.45) is 22.7 Å². The van der Waals surface area contributed by atoms with Gasteiger partial charge in [0.25, 0.3) is 0 Å². The van der Waals surface area contributed by atoms with Crippen LogP contribution < -0.4 is 0 Å². The topological polar surface area (TPSA) is 35.5 Å². The molecule has 0 N–H and O–H groups in total. The minimum atomic E-state index is -5.90. The molecule has 0 aromatic carbocycles. The second-order valence-corrected chi connectivity index (χ2v) is 23.2. The second-order valence-electron chi connectivity index (χ2n) is 14.4. The molecule has 11 heteroatoms. The third kappa shape index (κ3) is 8.42. The van der Waals surface area contributed by atoms with Crippen molar-refractivity contribution in [1.29, 1.82) is 0 Å². The predicted octanol–water partition coefficient (Wildman–Crippen LogP) is 9.69. The summed E-state index contributed by atoms with van der Waals surface area (Å²) in [6, 6.07) is 0. The second kappa shape index (κ2) is 11.9.